The van der Waals surface area contributed by atoms with Crippen LogP contribution < -0.4 is 5.11 Å². The predicted molar refractivity (Wildman–Crippen MR) is 270 cm³/mol. The van der Waals surface area contributed by atoms with Gasteiger partial charge in [-0.25, -0.2) is 0 Å². The van der Waals surface area contributed by atoms with Crippen LogP contribution >= 0.6 is 0 Å². The van der Waals surface area contributed by atoms with Crippen LogP contribution in [0.2, 0.25) is 0 Å². The van der Waals surface area contributed by atoms with E-state index in [0.29, 0.717) is 28.4 Å². The van der Waals surface area contributed by atoms with E-state index in [0.717, 1.165) is 0 Å². The summed E-state index contributed by atoms with van der Waals surface area (Å²) in [5.41, 5.74) is -4.22. The summed E-state index contributed by atoms with van der Waals surface area (Å²) in [7, 11) is 8.75. The molecule has 0 aliphatic carbocycles. The minimum atomic E-state index is -1.51. The normalized spacial score (nSPS) is 28.7. The molecule has 0 aromatic carbocycles. The molecule has 0 radical (unpaired) electrons. The largest absolute Gasteiger partial charge is 3.00 e. The maximum Gasteiger partial charge on any atom is 3.00 e. The summed E-state index contributed by atoms with van der Waals surface area (Å²) >= 11 is 0. The van der Waals surface area contributed by atoms with Gasteiger partial charge in [-0.2, -0.15) is 0 Å². The second-order valence-electron chi connectivity index (χ2n) is 20.6. The van der Waals surface area contributed by atoms with Gasteiger partial charge in [0.15, 0.2) is 5.78 Å². The number of hydrogen-bond donors (Lipinski definition) is 0. The summed E-state index contributed by atoms with van der Waals surface area (Å²) in [5.74, 6) is -7.87. The first-order valence-corrected chi connectivity index (χ1v) is 24.5. The Labute approximate surface area is 461 Å². The van der Waals surface area contributed by atoms with Crippen LogP contribution in [0.15, 0.2) is 43.0 Å². The van der Waals surface area contributed by atoms with Gasteiger partial charge in [0, 0.05) is 89.1 Å². The maximum absolute atomic E-state index is 13.8. The fourth-order valence-electron chi connectivity index (χ4n) is 11.7. The van der Waals surface area contributed by atoms with E-state index < -0.39 is 110 Å². The standard InChI is InChI=1S/C52H74N4O16.2CN.Co/c1-28(44-50(6,26-41(63)71-14)30(16-19-36(58)66-9)34(53-44)25-35-48(3,4)32(47(65)54-35)18-21-38(60)68-11)43-31(17-20-37(59)67-10)51(7,27-42(64)72-15)52(8,56-43)46-33(24-40(62)70-13)49(5,23-22-39(61)69-12)45(55-46)29(2)57;2*1-2;/h25,30-33,46H,16-24,26-27H2,1-15H3,(H,54,65);;;/q;2*-1;+3/p-1/b35-25-,44-28-;;;/t30-,31-,32-,33+,46-,49-,50+,51+,52+;;;/m1.../s1/i30+2,31+2,32+2,35+2,44+2,46+2,49+2,52+2;;;. The number of ketones is 1. The number of allylic oxidation sites excluding steroid dienone is 4. The number of methoxy groups -OCH3 is 7. The first kappa shape index (κ1) is 68.4. The van der Waals surface area contributed by atoms with E-state index in [1.165, 1.54) is 56.7 Å². The molecule has 4 aliphatic heterocycles. The summed E-state index contributed by atoms with van der Waals surface area (Å²) in [4.78, 5) is 126. The van der Waals surface area contributed by atoms with E-state index in [1.807, 2.05) is 27.7 Å². The molecule has 4 rings (SSSR count). The molecule has 0 unspecified atom stereocenters. The number of esters is 7. The molecule has 77 heavy (non-hydrogen) atoms. The zero-order valence-corrected chi connectivity index (χ0v) is 47.8. The molecule has 0 bridgehead atoms. The van der Waals surface area contributed by atoms with Crippen molar-refractivity contribution in [2.45, 2.75) is 138 Å². The Morgan fingerprint density at radius 1 is 0.662 bits per heavy atom. The van der Waals surface area contributed by atoms with Gasteiger partial charge in [0.05, 0.1) is 92.0 Å². The molecular formula is C54H73CoN6O16. The monoisotopic (exact) mass is 1140 g/mol. The molecule has 4 aliphatic rings. The Balaban J connectivity index is 0.00000579. The van der Waals surface area contributed by atoms with Crippen LogP contribution in [0.3, 0.4) is 0 Å². The van der Waals surface area contributed by atoms with Gasteiger partial charge in [0.25, 0.3) is 0 Å². The number of carbonyl (C=O) groups excluding carboxylic acids is 8. The minimum absolute atomic E-state index is 0. The fourth-order valence-corrected chi connectivity index (χ4v) is 11.7. The summed E-state index contributed by atoms with van der Waals surface area (Å²) < 4.78 is 35.8. The van der Waals surface area contributed by atoms with Crippen molar-refractivity contribution in [2.75, 3.05) is 49.8 Å². The predicted octanol–water partition coefficient (Wildman–Crippen LogP) is 5.20. The third-order valence-corrected chi connectivity index (χ3v) is 16.3. The van der Waals surface area contributed by atoms with Gasteiger partial charge in [-0.15, -0.1) is 0 Å². The molecule has 9 atom stereocenters. The molecule has 23 heteroatoms. The molecule has 0 saturated heterocycles. The molecule has 22 nitrogen and oxygen atoms in total. The van der Waals surface area contributed by atoms with Crippen LogP contribution in [-0.2, 0) is 88.3 Å². The van der Waals surface area contributed by atoms with E-state index in [2.05, 4.69) is 4.99 Å². The molecule has 424 valence electrons. The van der Waals surface area contributed by atoms with Crippen molar-refractivity contribution in [3.63, 3.8) is 0 Å². The van der Waals surface area contributed by atoms with Crippen LogP contribution in [0, 0.1) is 69.0 Å². The topological polar surface area (TPSA) is 321 Å². The van der Waals surface area contributed by atoms with Gasteiger partial charge in [-0.1, -0.05) is 34.6 Å². The first-order chi connectivity index (χ1) is 35.6. The van der Waals surface area contributed by atoms with Crippen LogP contribution in [0.25, 0.3) is 0 Å². The summed E-state index contributed by atoms with van der Waals surface area (Å²) in [6, 6.07) is -1.04. The van der Waals surface area contributed by atoms with Crippen molar-refractivity contribution in [1.82, 2.24) is 0 Å². The van der Waals surface area contributed by atoms with Gasteiger partial charge in [0.2, 0.25) is 0 Å². The smallest absolute Gasteiger partial charge is 0.861 e. The third-order valence-electron chi connectivity index (χ3n) is 16.3. The summed E-state index contributed by atoms with van der Waals surface area (Å²) in [6.45, 7) is 23.5. The Morgan fingerprint density at radius 3 is 1.57 bits per heavy atom. The van der Waals surface area contributed by atoms with E-state index in [-0.39, 0.29) is 93.1 Å². The number of Topliss-reactive ketones (excluding diaryl/α,β-unsaturated/α-hetero) is 1. The van der Waals surface area contributed by atoms with Crippen molar-refractivity contribution in [1.29, 1.82) is 10.5 Å². The van der Waals surface area contributed by atoms with Gasteiger partial charge < -0.3 is 61.9 Å². The van der Waals surface area contributed by atoms with E-state index >= 15 is 0 Å². The average molecular weight is 1140 g/mol. The minimum Gasteiger partial charge on any atom is -0.861 e. The van der Waals surface area contributed by atoms with E-state index in [9.17, 15) is 43.5 Å². The zero-order chi connectivity index (χ0) is 58.3. The SMILES string of the molecule is COC(=O)CC[14C@@H]1C([O-])=N/[14C](=C\C2=N[14C](=C(/C)C3=N[14C@@](C)([14C@@H]4N=C(C(C)=O)[14C@](C)(CCC(=O)OC)[C@H]4CC(=O)OC)[C@@](C)(CC(=O)OC)[14C@@H]3CCC(=O)OC)/[C@@](C)(CC(=O)OC)[14C@@H]2CCC(=O)OC)C1(C)C.[C-]#N.[C-]#N.[Co+3]. The number of ether oxygens (including phenoxy) is 7. The molecule has 0 N–H and O–H groups in total. The van der Waals surface area contributed by atoms with Crippen LogP contribution in [-0.4, -0.2) is 132 Å². The molecule has 0 amide bonds. The molecule has 0 fully saturated rings. The van der Waals surface area contributed by atoms with Crippen LogP contribution in [0.5, 0.6) is 0 Å². The van der Waals surface area contributed by atoms with Crippen molar-refractivity contribution in [3.05, 3.63) is 36.2 Å². The van der Waals surface area contributed by atoms with Crippen molar-refractivity contribution in [2.24, 2.45) is 65.3 Å². The molecule has 0 aromatic rings. The van der Waals surface area contributed by atoms with Crippen LogP contribution in [0.1, 0.15) is 126 Å². The van der Waals surface area contributed by atoms with Gasteiger partial charge >= 0.3 is 58.6 Å². The third kappa shape index (κ3) is 14.3. The molecule has 4 heterocycles. The van der Waals surface area contributed by atoms with E-state index in [4.69, 9.17) is 71.8 Å². The number of carbonyl (C=O) groups is 8. The molecule has 0 spiro atoms. The quantitative estimate of drug-likeness (QED) is 0.0764. The average Bonchev–Trinajstić information content (AvgIpc) is 4.00. The fraction of sp³-hybridized carbons (Fsp3) is 0.667. The second-order valence-corrected chi connectivity index (χ2v) is 20.6. The first-order valence-electron chi connectivity index (χ1n) is 24.5. The number of aliphatic imine (C=N–C) groups is 4. The Hall–Kier alpha value is -6.59. The molecule has 0 saturated carbocycles. The van der Waals surface area contributed by atoms with Crippen molar-refractivity contribution >= 4 is 70.6 Å². The number of rotatable bonds is 22. The van der Waals surface area contributed by atoms with Gasteiger partial charge in [-0.05, 0) is 63.0 Å². The van der Waals surface area contributed by atoms with Gasteiger partial charge in [0.1, 0.15) is 0 Å². The number of nitrogens with zero attached hydrogens (tertiary/aromatic N) is 6. The van der Waals surface area contributed by atoms with E-state index in [1.54, 1.807) is 26.8 Å². The van der Waals surface area contributed by atoms with Crippen molar-refractivity contribution < 1.29 is 93.4 Å². The van der Waals surface area contributed by atoms with Crippen molar-refractivity contribution in [3.8, 4) is 0 Å². The number of hydrogen-bond acceptors (Lipinski definition) is 22. The second kappa shape index (κ2) is 28.7. The Bertz CT molecular complexity index is 2490. The Morgan fingerprint density at radius 2 is 1.10 bits per heavy atom. The molecule has 0 aromatic heterocycles. The van der Waals surface area contributed by atoms with Gasteiger partial charge in [-0.3, -0.25) is 58.3 Å². The van der Waals surface area contributed by atoms with Crippen LogP contribution in [0.4, 0.5) is 0 Å². The zero-order valence-electron chi connectivity index (χ0n) is 46.8. The Kier molecular flexibility index (Phi) is 25.5. The summed E-state index contributed by atoms with van der Waals surface area (Å²) in [6.07, 6.45) is 0.869. The molecular weight excluding hydrogens is 1060 g/mol. The summed E-state index contributed by atoms with van der Waals surface area (Å²) in [5, 5.41) is 26.1. The maximum atomic E-state index is 13.8.